The predicted octanol–water partition coefficient (Wildman–Crippen LogP) is 4.46. The van der Waals surface area contributed by atoms with Gasteiger partial charge in [0.2, 0.25) is 5.95 Å². The highest BCUT2D eigenvalue weighted by atomic mass is 19.1. The molecule has 0 aliphatic carbocycles. The molecule has 0 unspecified atom stereocenters. The lowest BCUT2D eigenvalue weighted by atomic mass is 10.0. The second-order valence-electron chi connectivity index (χ2n) is 4.03. The van der Waals surface area contributed by atoms with E-state index in [4.69, 9.17) is 5.73 Å². The molecule has 0 amide bonds. The number of benzene rings is 1. The maximum absolute atomic E-state index is 12.8. The van der Waals surface area contributed by atoms with Crippen molar-refractivity contribution >= 4 is 5.95 Å². The Morgan fingerprint density at radius 3 is 1.76 bits per heavy atom. The summed E-state index contributed by atoms with van der Waals surface area (Å²) in [6.45, 7) is 11.8. The monoisotopic (exact) mass is 291 g/mol. The van der Waals surface area contributed by atoms with Gasteiger partial charge in [0, 0.05) is 17.8 Å². The molecule has 21 heavy (non-hydrogen) atoms. The van der Waals surface area contributed by atoms with E-state index in [1.165, 1.54) is 12.1 Å². The van der Waals surface area contributed by atoms with Crippen molar-refractivity contribution in [3.63, 3.8) is 0 Å². The summed E-state index contributed by atoms with van der Waals surface area (Å²) in [5, 5.41) is 0. The molecule has 1 aromatic carbocycles. The van der Waals surface area contributed by atoms with Crippen molar-refractivity contribution in [2.45, 2.75) is 48.0 Å². The van der Waals surface area contributed by atoms with Crippen LogP contribution in [-0.2, 0) is 6.42 Å². The first kappa shape index (κ1) is 19.0. The molecule has 0 atom stereocenters. The van der Waals surface area contributed by atoms with Crippen LogP contribution in [0.4, 0.5) is 10.3 Å². The average Bonchev–Trinajstić information content (AvgIpc) is 2.49. The van der Waals surface area contributed by atoms with Crippen LogP contribution in [0.25, 0.3) is 0 Å². The van der Waals surface area contributed by atoms with E-state index in [0.29, 0.717) is 12.4 Å². The Hall–Kier alpha value is -1.97. The molecule has 1 aromatic heterocycles. The fourth-order valence-electron chi connectivity index (χ4n) is 1.83. The summed E-state index contributed by atoms with van der Waals surface area (Å²) in [6, 6.07) is 6.45. The summed E-state index contributed by atoms with van der Waals surface area (Å²) < 4.78 is 12.8. The molecule has 0 bridgehead atoms. The molecule has 0 saturated carbocycles. The highest BCUT2D eigenvalue weighted by Gasteiger charge is 2.07. The van der Waals surface area contributed by atoms with Crippen LogP contribution in [0.3, 0.4) is 0 Å². The number of aromatic nitrogens is 2. The second kappa shape index (κ2) is 9.86. The summed E-state index contributed by atoms with van der Waals surface area (Å²) in [7, 11) is 0. The van der Waals surface area contributed by atoms with Crippen LogP contribution in [0.15, 0.2) is 24.3 Å². The van der Waals surface area contributed by atoms with Gasteiger partial charge in [-0.3, -0.25) is 0 Å². The minimum atomic E-state index is -0.226. The van der Waals surface area contributed by atoms with E-state index in [2.05, 4.69) is 9.97 Å². The summed E-state index contributed by atoms with van der Waals surface area (Å²) in [5.41, 5.74) is 9.40. The lowest BCUT2D eigenvalue weighted by Crippen LogP contribution is -2.05. The Kier molecular flexibility index (Phi) is 8.93. The molecule has 0 spiro atoms. The minimum Gasteiger partial charge on any atom is -0.368 e. The molecule has 0 fully saturated rings. The van der Waals surface area contributed by atoms with Gasteiger partial charge in [0.1, 0.15) is 5.82 Å². The molecule has 3 nitrogen and oxygen atoms in total. The maximum atomic E-state index is 12.8. The van der Waals surface area contributed by atoms with Gasteiger partial charge in [-0.25, -0.2) is 14.4 Å². The fraction of sp³-hybridized carbons (Fsp3) is 0.412. The van der Waals surface area contributed by atoms with Crippen molar-refractivity contribution in [3.8, 4) is 0 Å². The number of hydrogen-bond acceptors (Lipinski definition) is 3. The smallest absolute Gasteiger partial charge is 0.220 e. The molecule has 0 radical (unpaired) electrons. The van der Waals surface area contributed by atoms with Gasteiger partial charge in [0.15, 0.2) is 0 Å². The van der Waals surface area contributed by atoms with E-state index in [1.54, 1.807) is 12.1 Å². The number of rotatable bonds is 2. The van der Waals surface area contributed by atoms with E-state index in [-0.39, 0.29) is 5.82 Å². The van der Waals surface area contributed by atoms with E-state index in [1.807, 2.05) is 41.5 Å². The second-order valence-corrected chi connectivity index (χ2v) is 4.03. The third-order valence-electron chi connectivity index (χ3n) is 2.73. The Balaban J connectivity index is 0.000000921. The van der Waals surface area contributed by atoms with Crippen molar-refractivity contribution in [1.82, 2.24) is 9.97 Å². The molecule has 4 heteroatoms. The predicted molar refractivity (Wildman–Crippen MR) is 87.8 cm³/mol. The van der Waals surface area contributed by atoms with Gasteiger partial charge in [-0.15, -0.1) is 0 Å². The number of nitrogen functional groups attached to an aromatic ring is 1. The Morgan fingerprint density at radius 1 is 0.905 bits per heavy atom. The molecule has 116 valence electrons. The SMILES string of the molecule is CC.CC.Cc1nc(N)nc(C)c1Cc1ccc(F)cc1. The molecule has 0 aliphatic heterocycles. The Morgan fingerprint density at radius 2 is 1.33 bits per heavy atom. The standard InChI is InChI=1S/C13H14FN3.2C2H6/c1-8-12(9(2)17-13(15)16-8)7-10-3-5-11(14)6-4-10;2*1-2/h3-6H,7H2,1-2H3,(H2,15,16,17);2*1-2H3. The first-order valence-electron chi connectivity index (χ1n) is 7.40. The largest absolute Gasteiger partial charge is 0.368 e. The van der Waals surface area contributed by atoms with Crippen LogP contribution in [0, 0.1) is 19.7 Å². The van der Waals surface area contributed by atoms with Crippen molar-refractivity contribution in [2.75, 3.05) is 5.73 Å². The average molecular weight is 291 g/mol. The molecular formula is C17H26FN3. The lowest BCUT2D eigenvalue weighted by molar-refractivity contribution is 0.627. The number of halogens is 1. The van der Waals surface area contributed by atoms with E-state index < -0.39 is 0 Å². The molecule has 2 N–H and O–H groups in total. The Labute approximate surface area is 127 Å². The van der Waals surface area contributed by atoms with Gasteiger partial charge in [-0.1, -0.05) is 39.8 Å². The summed E-state index contributed by atoms with van der Waals surface area (Å²) in [4.78, 5) is 8.28. The molecule has 0 saturated heterocycles. The van der Waals surface area contributed by atoms with Gasteiger partial charge in [-0.2, -0.15) is 0 Å². The molecular weight excluding hydrogens is 265 g/mol. The first-order chi connectivity index (χ1) is 10.1. The van der Waals surface area contributed by atoms with Crippen molar-refractivity contribution in [1.29, 1.82) is 0 Å². The van der Waals surface area contributed by atoms with Crippen LogP contribution >= 0.6 is 0 Å². The highest BCUT2D eigenvalue weighted by Crippen LogP contribution is 2.16. The van der Waals surface area contributed by atoms with E-state index >= 15 is 0 Å². The normalized spacial score (nSPS) is 9.10. The minimum absolute atomic E-state index is 0.226. The zero-order valence-electron chi connectivity index (χ0n) is 13.9. The van der Waals surface area contributed by atoms with Crippen molar-refractivity contribution in [3.05, 3.63) is 52.6 Å². The zero-order chi connectivity index (χ0) is 16.4. The maximum Gasteiger partial charge on any atom is 0.220 e. The Bertz CT molecular complexity index is 513. The van der Waals surface area contributed by atoms with E-state index in [0.717, 1.165) is 22.5 Å². The van der Waals surface area contributed by atoms with Crippen LogP contribution in [-0.4, -0.2) is 9.97 Å². The number of nitrogens with two attached hydrogens (primary N) is 1. The summed E-state index contributed by atoms with van der Waals surface area (Å²) in [5.74, 6) is 0.0682. The third kappa shape index (κ3) is 5.90. The number of anilines is 1. The molecule has 1 heterocycles. The fourth-order valence-corrected chi connectivity index (χ4v) is 1.83. The van der Waals surface area contributed by atoms with Gasteiger partial charge < -0.3 is 5.73 Å². The summed E-state index contributed by atoms with van der Waals surface area (Å²) >= 11 is 0. The van der Waals surface area contributed by atoms with Crippen LogP contribution in [0.1, 0.15) is 50.2 Å². The van der Waals surface area contributed by atoms with Crippen molar-refractivity contribution < 1.29 is 4.39 Å². The van der Waals surface area contributed by atoms with Crippen LogP contribution in [0.2, 0.25) is 0 Å². The third-order valence-corrected chi connectivity index (χ3v) is 2.73. The molecule has 2 aromatic rings. The van der Waals surface area contributed by atoms with Gasteiger partial charge in [0.05, 0.1) is 0 Å². The number of nitrogens with zero attached hydrogens (tertiary/aromatic N) is 2. The molecule has 2 rings (SSSR count). The van der Waals surface area contributed by atoms with Gasteiger partial charge in [-0.05, 0) is 37.1 Å². The quantitative estimate of drug-likeness (QED) is 0.888. The zero-order valence-corrected chi connectivity index (χ0v) is 13.9. The summed E-state index contributed by atoms with van der Waals surface area (Å²) in [6.07, 6.45) is 0.693. The molecule has 0 aliphatic rings. The highest BCUT2D eigenvalue weighted by molar-refractivity contribution is 5.35. The van der Waals surface area contributed by atoms with Crippen LogP contribution < -0.4 is 5.73 Å². The topological polar surface area (TPSA) is 51.8 Å². The van der Waals surface area contributed by atoms with Crippen molar-refractivity contribution in [2.24, 2.45) is 0 Å². The van der Waals surface area contributed by atoms with Gasteiger partial charge in [0.25, 0.3) is 0 Å². The van der Waals surface area contributed by atoms with Crippen LogP contribution in [0.5, 0.6) is 0 Å². The lowest BCUT2D eigenvalue weighted by Gasteiger charge is -2.09. The number of aryl methyl sites for hydroxylation is 2. The van der Waals surface area contributed by atoms with Gasteiger partial charge >= 0.3 is 0 Å². The van der Waals surface area contributed by atoms with E-state index in [9.17, 15) is 4.39 Å². The number of hydrogen-bond donors (Lipinski definition) is 1. The first-order valence-corrected chi connectivity index (χ1v) is 7.40.